The molecule has 1 unspecified atom stereocenters. The molecule has 1 N–H and O–H groups in total. The number of halogens is 2. The fraction of sp³-hybridized carbons (Fsp3) is 0.312. The van der Waals surface area contributed by atoms with Crippen molar-refractivity contribution in [2.75, 3.05) is 6.54 Å². The maximum Gasteiger partial charge on any atom is 0.167 e. The SMILES string of the molecule is CCCNC(C)c1cccc(F)c1Oc1cncc(Br)c1. The van der Waals surface area contributed by atoms with Gasteiger partial charge in [-0.05, 0) is 48.0 Å². The summed E-state index contributed by atoms with van der Waals surface area (Å²) in [6.07, 6.45) is 4.23. The van der Waals surface area contributed by atoms with Gasteiger partial charge in [-0.3, -0.25) is 4.98 Å². The van der Waals surface area contributed by atoms with Crippen LogP contribution in [0.25, 0.3) is 0 Å². The van der Waals surface area contributed by atoms with Crippen LogP contribution in [-0.2, 0) is 0 Å². The van der Waals surface area contributed by atoms with Gasteiger partial charge < -0.3 is 10.1 Å². The van der Waals surface area contributed by atoms with Crippen LogP contribution in [-0.4, -0.2) is 11.5 Å². The highest BCUT2D eigenvalue weighted by atomic mass is 79.9. The predicted octanol–water partition coefficient (Wildman–Crippen LogP) is 4.84. The second-order valence-corrected chi connectivity index (χ2v) is 5.69. The second-order valence-electron chi connectivity index (χ2n) is 4.77. The third kappa shape index (κ3) is 4.25. The van der Waals surface area contributed by atoms with Crippen molar-refractivity contribution in [1.82, 2.24) is 10.3 Å². The van der Waals surface area contributed by atoms with Crippen molar-refractivity contribution in [3.05, 3.63) is 52.5 Å². The van der Waals surface area contributed by atoms with Crippen molar-refractivity contribution >= 4 is 15.9 Å². The molecule has 0 fully saturated rings. The maximum atomic E-state index is 14.1. The minimum absolute atomic E-state index is 0.00996. The van der Waals surface area contributed by atoms with Crippen molar-refractivity contribution in [1.29, 1.82) is 0 Å². The van der Waals surface area contributed by atoms with Crippen LogP contribution in [0.5, 0.6) is 11.5 Å². The first-order chi connectivity index (χ1) is 10.1. The minimum Gasteiger partial charge on any atom is -0.452 e. The number of pyridine rings is 1. The predicted molar refractivity (Wildman–Crippen MR) is 85.1 cm³/mol. The monoisotopic (exact) mass is 352 g/mol. The topological polar surface area (TPSA) is 34.1 Å². The lowest BCUT2D eigenvalue weighted by Gasteiger charge is -2.18. The van der Waals surface area contributed by atoms with Crippen molar-refractivity contribution in [3.8, 4) is 11.5 Å². The Morgan fingerprint density at radius 2 is 2.19 bits per heavy atom. The summed E-state index contributed by atoms with van der Waals surface area (Å²) in [7, 11) is 0. The molecule has 1 aromatic carbocycles. The van der Waals surface area contributed by atoms with Crippen LogP contribution >= 0.6 is 15.9 Å². The average molecular weight is 353 g/mol. The van der Waals surface area contributed by atoms with Gasteiger partial charge in [0.05, 0.1) is 6.20 Å². The van der Waals surface area contributed by atoms with E-state index in [1.807, 2.05) is 13.0 Å². The molecule has 5 heteroatoms. The Bertz CT molecular complexity index is 607. The Kier molecular flexibility index (Phi) is 5.70. The van der Waals surface area contributed by atoms with Gasteiger partial charge in [0.15, 0.2) is 11.6 Å². The zero-order valence-corrected chi connectivity index (χ0v) is 13.7. The lowest BCUT2D eigenvalue weighted by atomic mass is 10.1. The van der Waals surface area contributed by atoms with Crippen molar-refractivity contribution in [3.63, 3.8) is 0 Å². The van der Waals surface area contributed by atoms with Crippen molar-refractivity contribution in [2.45, 2.75) is 26.3 Å². The van der Waals surface area contributed by atoms with Crippen molar-refractivity contribution in [2.24, 2.45) is 0 Å². The molecule has 2 aromatic rings. The first-order valence-corrected chi connectivity index (χ1v) is 7.71. The van der Waals surface area contributed by atoms with Gasteiger partial charge >= 0.3 is 0 Å². The van der Waals surface area contributed by atoms with E-state index in [2.05, 4.69) is 33.2 Å². The number of rotatable bonds is 6. The Morgan fingerprint density at radius 3 is 2.90 bits per heavy atom. The van der Waals surface area contributed by atoms with Gasteiger partial charge in [0, 0.05) is 22.3 Å². The number of aromatic nitrogens is 1. The standard InChI is InChI=1S/C16H18BrFN2O/c1-3-7-20-11(2)14-5-4-6-15(18)16(14)21-13-8-12(17)9-19-10-13/h4-6,8-11,20H,3,7H2,1-2H3. The van der Waals surface area contributed by atoms with E-state index in [-0.39, 0.29) is 17.6 Å². The van der Waals surface area contributed by atoms with E-state index in [4.69, 9.17) is 4.74 Å². The molecule has 0 aliphatic rings. The molecule has 21 heavy (non-hydrogen) atoms. The van der Waals surface area contributed by atoms with E-state index in [1.165, 1.54) is 6.07 Å². The number of para-hydroxylation sites is 1. The van der Waals surface area contributed by atoms with Gasteiger partial charge in [0.1, 0.15) is 5.75 Å². The third-order valence-electron chi connectivity index (χ3n) is 3.06. The minimum atomic E-state index is -0.377. The fourth-order valence-corrected chi connectivity index (χ4v) is 2.35. The van der Waals surface area contributed by atoms with E-state index in [1.54, 1.807) is 24.5 Å². The molecule has 2 rings (SSSR count). The first-order valence-electron chi connectivity index (χ1n) is 6.92. The van der Waals surface area contributed by atoms with Crippen LogP contribution in [0, 0.1) is 5.82 Å². The molecule has 3 nitrogen and oxygen atoms in total. The van der Waals surface area contributed by atoms with Crippen LogP contribution in [0.3, 0.4) is 0 Å². The van der Waals surface area contributed by atoms with E-state index in [0.717, 1.165) is 23.0 Å². The summed E-state index contributed by atoms with van der Waals surface area (Å²) in [6, 6.07) is 6.73. The lowest BCUT2D eigenvalue weighted by Crippen LogP contribution is -2.20. The molecule has 0 radical (unpaired) electrons. The summed E-state index contributed by atoms with van der Waals surface area (Å²) in [5.74, 6) is 0.365. The number of ether oxygens (including phenoxy) is 1. The van der Waals surface area contributed by atoms with Gasteiger partial charge in [-0.1, -0.05) is 19.1 Å². The van der Waals surface area contributed by atoms with Crippen LogP contribution in [0.2, 0.25) is 0 Å². The summed E-state index contributed by atoms with van der Waals surface area (Å²) < 4.78 is 20.6. The molecule has 0 amide bonds. The highest BCUT2D eigenvalue weighted by molar-refractivity contribution is 9.10. The zero-order chi connectivity index (χ0) is 15.2. The molecule has 0 aliphatic carbocycles. The number of hydrogen-bond acceptors (Lipinski definition) is 3. The number of benzene rings is 1. The molecule has 1 aromatic heterocycles. The van der Waals surface area contributed by atoms with E-state index < -0.39 is 0 Å². The van der Waals surface area contributed by atoms with Gasteiger partial charge in [-0.15, -0.1) is 0 Å². The van der Waals surface area contributed by atoms with Crippen molar-refractivity contribution < 1.29 is 9.13 Å². The summed E-state index contributed by atoms with van der Waals surface area (Å²) in [5.41, 5.74) is 0.795. The van der Waals surface area contributed by atoms with Gasteiger partial charge in [0.2, 0.25) is 0 Å². The molecule has 0 spiro atoms. The summed E-state index contributed by atoms with van der Waals surface area (Å²) in [5, 5.41) is 3.34. The number of nitrogens with one attached hydrogen (secondary N) is 1. The summed E-state index contributed by atoms with van der Waals surface area (Å²) in [4.78, 5) is 4.02. The number of nitrogens with zero attached hydrogens (tertiary/aromatic N) is 1. The van der Waals surface area contributed by atoms with Gasteiger partial charge in [0.25, 0.3) is 0 Å². The largest absolute Gasteiger partial charge is 0.452 e. The quantitative estimate of drug-likeness (QED) is 0.807. The normalized spacial score (nSPS) is 12.2. The smallest absolute Gasteiger partial charge is 0.167 e. The third-order valence-corrected chi connectivity index (χ3v) is 3.50. The van der Waals surface area contributed by atoms with E-state index in [0.29, 0.717) is 5.75 Å². The van der Waals surface area contributed by atoms with E-state index in [9.17, 15) is 4.39 Å². The Labute approximate surface area is 132 Å². The zero-order valence-electron chi connectivity index (χ0n) is 12.1. The van der Waals surface area contributed by atoms with Crippen LogP contribution in [0.4, 0.5) is 4.39 Å². The molecule has 112 valence electrons. The molecule has 0 saturated heterocycles. The molecular formula is C16H18BrFN2O. The van der Waals surface area contributed by atoms with Crippen LogP contribution in [0.1, 0.15) is 31.9 Å². The Balaban J connectivity index is 2.29. The fourth-order valence-electron chi connectivity index (χ4n) is 2.01. The van der Waals surface area contributed by atoms with Crippen LogP contribution < -0.4 is 10.1 Å². The molecule has 0 saturated carbocycles. The highest BCUT2D eigenvalue weighted by Gasteiger charge is 2.16. The lowest BCUT2D eigenvalue weighted by molar-refractivity contribution is 0.423. The average Bonchev–Trinajstić information content (AvgIpc) is 2.47. The Morgan fingerprint density at radius 1 is 1.38 bits per heavy atom. The van der Waals surface area contributed by atoms with Crippen LogP contribution in [0.15, 0.2) is 41.1 Å². The second kappa shape index (κ2) is 7.52. The highest BCUT2D eigenvalue weighted by Crippen LogP contribution is 2.32. The van der Waals surface area contributed by atoms with E-state index >= 15 is 0 Å². The molecule has 0 bridgehead atoms. The van der Waals surface area contributed by atoms with Gasteiger partial charge in [-0.25, -0.2) is 4.39 Å². The summed E-state index contributed by atoms with van der Waals surface area (Å²) in [6.45, 7) is 4.96. The maximum absolute atomic E-state index is 14.1. The molecule has 1 heterocycles. The molecular weight excluding hydrogens is 335 g/mol. The molecule has 1 atom stereocenters. The molecule has 0 aliphatic heterocycles. The first kappa shape index (κ1) is 15.9. The van der Waals surface area contributed by atoms with Gasteiger partial charge in [-0.2, -0.15) is 0 Å². The number of hydrogen-bond donors (Lipinski definition) is 1. The summed E-state index contributed by atoms with van der Waals surface area (Å²) >= 11 is 3.33. The Hall–Kier alpha value is -1.46.